The van der Waals surface area contributed by atoms with Gasteiger partial charge < -0.3 is 16.0 Å². The number of nitrogens with one attached hydrogen (secondary N) is 1. The van der Waals surface area contributed by atoms with Crippen LogP contribution in [0.3, 0.4) is 0 Å². The Labute approximate surface area is 129 Å². The van der Waals surface area contributed by atoms with Crippen molar-refractivity contribution in [1.29, 1.82) is 0 Å². The molecular weight excluding hydrogens is 285 g/mol. The van der Waals surface area contributed by atoms with Gasteiger partial charge in [-0.2, -0.15) is 0 Å². The highest BCUT2D eigenvalue weighted by Crippen LogP contribution is 2.21. The molecule has 1 aliphatic heterocycles. The summed E-state index contributed by atoms with van der Waals surface area (Å²) in [5.41, 5.74) is 6.23. The molecule has 1 aromatic rings. The summed E-state index contributed by atoms with van der Waals surface area (Å²) in [6.07, 6.45) is 0.964. The van der Waals surface area contributed by atoms with E-state index in [1.807, 2.05) is 6.92 Å². The van der Waals surface area contributed by atoms with Crippen molar-refractivity contribution in [3.8, 4) is 0 Å². The Morgan fingerprint density at radius 2 is 2.23 bits per heavy atom. The summed E-state index contributed by atoms with van der Waals surface area (Å²) in [4.78, 5) is 25.7. The number of carbonyl (C=O) groups excluding carboxylic acids is 2. The monoisotopic (exact) mass is 307 g/mol. The van der Waals surface area contributed by atoms with Gasteiger partial charge in [-0.3, -0.25) is 9.59 Å². The maximum atomic E-state index is 13.0. The smallest absolute Gasteiger partial charge is 0.242 e. The van der Waals surface area contributed by atoms with Gasteiger partial charge in [0.05, 0.1) is 13.0 Å². The minimum Gasteiger partial charge on any atom is -0.347 e. The van der Waals surface area contributed by atoms with Crippen LogP contribution in [0.4, 0.5) is 4.39 Å². The second kappa shape index (κ2) is 7.35. The normalized spacial score (nSPS) is 21.0. The summed E-state index contributed by atoms with van der Waals surface area (Å²) in [5, 5.41) is 2.60. The number of halogens is 1. The number of hydrogen-bond acceptors (Lipinski definition) is 3. The molecule has 6 heteroatoms. The van der Waals surface area contributed by atoms with Gasteiger partial charge in [0.15, 0.2) is 0 Å². The molecule has 5 nitrogen and oxygen atoms in total. The van der Waals surface area contributed by atoms with Crippen molar-refractivity contribution in [2.45, 2.75) is 25.8 Å². The average molecular weight is 307 g/mol. The van der Waals surface area contributed by atoms with E-state index < -0.39 is 0 Å². The van der Waals surface area contributed by atoms with Crippen molar-refractivity contribution in [2.24, 2.45) is 11.7 Å². The highest BCUT2D eigenvalue weighted by molar-refractivity contribution is 5.86. The fourth-order valence-corrected chi connectivity index (χ4v) is 2.83. The molecule has 0 spiro atoms. The van der Waals surface area contributed by atoms with Gasteiger partial charge in [0.2, 0.25) is 11.8 Å². The van der Waals surface area contributed by atoms with E-state index >= 15 is 0 Å². The lowest BCUT2D eigenvalue weighted by Crippen LogP contribution is -2.42. The Morgan fingerprint density at radius 3 is 2.86 bits per heavy atom. The first-order valence-electron chi connectivity index (χ1n) is 7.50. The molecule has 0 aromatic heterocycles. The maximum absolute atomic E-state index is 13.0. The summed E-state index contributed by atoms with van der Waals surface area (Å²) < 4.78 is 13.0. The van der Waals surface area contributed by atoms with Crippen molar-refractivity contribution in [1.82, 2.24) is 10.2 Å². The molecule has 1 fully saturated rings. The molecule has 0 bridgehead atoms. The molecule has 2 atom stereocenters. The van der Waals surface area contributed by atoms with E-state index in [0.29, 0.717) is 24.6 Å². The fraction of sp³-hybridized carbons (Fsp3) is 0.500. The maximum Gasteiger partial charge on any atom is 0.242 e. The predicted molar refractivity (Wildman–Crippen MR) is 81.5 cm³/mol. The van der Waals surface area contributed by atoms with Gasteiger partial charge in [0, 0.05) is 12.6 Å². The largest absolute Gasteiger partial charge is 0.347 e. The molecule has 1 aliphatic rings. The summed E-state index contributed by atoms with van der Waals surface area (Å²) >= 11 is 0. The molecule has 2 amide bonds. The van der Waals surface area contributed by atoms with Gasteiger partial charge >= 0.3 is 0 Å². The van der Waals surface area contributed by atoms with E-state index in [-0.39, 0.29) is 36.6 Å². The summed E-state index contributed by atoms with van der Waals surface area (Å²) in [6.45, 7) is 3.17. The molecule has 3 N–H and O–H groups in total. The molecule has 0 saturated carbocycles. The fourth-order valence-electron chi connectivity index (χ4n) is 2.83. The number of carbonyl (C=O) groups is 2. The van der Waals surface area contributed by atoms with Gasteiger partial charge in [0.25, 0.3) is 0 Å². The standard InChI is InChI=1S/C16H22FN3O2/c1-11-5-13(8-18)10-20(11)16(22)9-19-15(21)7-12-3-2-4-14(17)6-12/h2-4,6,11,13H,5,7-10,18H2,1H3,(H,19,21). The topological polar surface area (TPSA) is 75.4 Å². The minimum absolute atomic E-state index is 0.0320. The zero-order valence-corrected chi connectivity index (χ0v) is 12.7. The van der Waals surface area contributed by atoms with Crippen LogP contribution in [0.15, 0.2) is 24.3 Å². The van der Waals surface area contributed by atoms with Crippen LogP contribution >= 0.6 is 0 Å². The van der Waals surface area contributed by atoms with E-state index in [9.17, 15) is 14.0 Å². The Kier molecular flexibility index (Phi) is 5.49. The third kappa shape index (κ3) is 4.27. The number of likely N-dealkylation sites (tertiary alicyclic amines) is 1. The Morgan fingerprint density at radius 1 is 1.45 bits per heavy atom. The Bertz CT molecular complexity index is 550. The van der Waals surface area contributed by atoms with E-state index in [4.69, 9.17) is 5.73 Å². The Balaban J connectivity index is 1.80. The zero-order valence-electron chi connectivity index (χ0n) is 12.7. The van der Waals surface area contributed by atoms with Crippen LogP contribution in [-0.2, 0) is 16.0 Å². The van der Waals surface area contributed by atoms with Gasteiger partial charge in [-0.05, 0) is 43.5 Å². The van der Waals surface area contributed by atoms with Gasteiger partial charge in [-0.1, -0.05) is 12.1 Å². The molecule has 0 radical (unpaired) electrons. The van der Waals surface area contributed by atoms with Crippen LogP contribution in [0.5, 0.6) is 0 Å². The van der Waals surface area contributed by atoms with Gasteiger partial charge in [0.1, 0.15) is 5.82 Å². The molecular formula is C16H22FN3O2. The first kappa shape index (κ1) is 16.4. The number of nitrogens with two attached hydrogens (primary N) is 1. The molecule has 1 heterocycles. The number of hydrogen-bond donors (Lipinski definition) is 2. The number of nitrogens with zero attached hydrogens (tertiary/aromatic N) is 1. The summed E-state index contributed by atoms with van der Waals surface area (Å²) in [7, 11) is 0. The van der Waals surface area contributed by atoms with E-state index in [2.05, 4.69) is 5.32 Å². The molecule has 2 unspecified atom stereocenters. The zero-order chi connectivity index (χ0) is 16.1. The van der Waals surface area contributed by atoms with Crippen molar-refractivity contribution >= 4 is 11.8 Å². The van der Waals surface area contributed by atoms with E-state index in [0.717, 1.165) is 6.42 Å². The molecule has 22 heavy (non-hydrogen) atoms. The summed E-state index contributed by atoms with van der Waals surface area (Å²) in [5.74, 6) is -0.431. The third-order valence-electron chi connectivity index (χ3n) is 4.01. The number of benzene rings is 1. The van der Waals surface area contributed by atoms with Crippen molar-refractivity contribution in [2.75, 3.05) is 19.6 Å². The average Bonchev–Trinajstić information content (AvgIpc) is 2.86. The highest BCUT2D eigenvalue weighted by Gasteiger charge is 2.31. The third-order valence-corrected chi connectivity index (χ3v) is 4.01. The molecule has 1 aromatic carbocycles. The van der Waals surface area contributed by atoms with Crippen LogP contribution in [0.2, 0.25) is 0 Å². The lowest BCUT2D eigenvalue weighted by Gasteiger charge is -2.21. The molecule has 2 rings (SSSR count). The van der Waals surface area contributed by atoms with Gasteiger partial charge in [-0.15, -0.1) is 0 Å². The molecule has 120 valence electrons. The number of rotatable bonds is 5. The van der Waals surface area contributed by atoms with Crippen LogP contribution in [0.25, 0.3) is 0 Å². The predicted octanol–water partition coefficient (Wildman–Crippen LogP) is 0.680. The van der Waals surface area contributed by atoms with Crippen molar-refractivity contribution in [3.05, 3.63) is 35.6 Å². The lowest BCUT2D eigenvalue weighted by molar-refractivity contribution is -0.133. The summed E-state index contributed by atoms with van der Waals surface area (Å²) in [6, 6.07) is 6.03. The second-order valence-electron chi connectivity index (χ2n) is 5.82. The quantitative estimate of drug-likeness (QED) is 0.840. The molecule has 1 saturated heterocycles. The molecule has 0 aliphatic carbocycles. The first-order valence-corrected chi connectivity index (χ1v) is 7.50. The van der Waals surface area contributed by atoms with Crippen LogP contribution < -0.4 is 11.1 Å². The Hall–Kier alpha value is -1.95. The SMILES string of the molecule is CC1CC(CN)CN1C(=O)CNC(=O)Cc1cccc(F)c1. The van der Waals surface area contributed by atoms with Gasteiger partial charge in [-0.25, -0.2) is 4.39 Å². The van der Waals surface area contributed by atoms with E-state index in [1.54, 1.807) is 17.0 Å². The second-order valence-corrected chi connectivity index (χ2v) is 5.82. The minimum atomic E-state index is -0.375. The first-order chi connectivity index (χ1) is 10.5. The number of amides is 2. The lowest BCUT2D eigenvalue weighted by atomic mass is 10.1. The van der Waals surface area contributed by atoms with Crippen LogP contribution in [0, 0.1) is 11.7 Å². The van der Waals surface area contributed by atoms with Crippen LogP contribution in [-0.4, -0.2) is 42.4 Å². The van der Waals surface area contributed by atoms with Crippen LogP contribution in [0.1, 0.15) is 18.9 Å². The van der Waals surface area contributed by atoms with E-state index in [1.165, 1.54) is 12.1 Å². The highest BCUT2D eigenvalue weighted by atomic mass is 19.1. The van der Waals surface area contributed by atoms with Crippen molar-refractivity contribution in [3.63, 3.8) is 0 Å². The van der Waals surface area contributed by atoms with Crippen molar-refractivity contribution < 1.29 is 14.0 Å².